The number of hydrogen-bond donors (Lipinski definition) is 1. The molecule has 1 heterocycles. The van der Waals surface area contributed by atoms with Gasteiger partial charge in [0.15, 0.2) is 11.6 Å². The predicted octanol–water partition coefficient (Wildman–Crippen LogP) is 4.25. The van der Waals surface area contributed by atoms with Gasteiger partial charge < -0.3 is 5.32 Å². The third-order valence-electron chi connectivity index (χ3n) is 4.76. The Balaban J connectivity index is 1.44. The highest BCUT2D eigenvalue weighted by molar-refractivity contribution is 5.94. The van der Waals surface area contributed by atoms with Gasteiger partial charge in [0.05, 0.1) is 18.1 Å². The second kappa shape index (κ2) is 7.79. The van der Waals surface area contributed by atoms with Gasteiger partial charge in [-0.1, -0.05) is 35.5 Å². The van der Waals surface area contributed by atoms with Gasteiger partial charge in [-0.05, 0) is 54.4 Å². The van der Waals surface area contributed by atoms with Gasteiger partial charge >= 0.3 is 0 Å². The number of halogens is 2. The van der Waals surface area contributed by atoms with Crippen molar-refractivity contribution in [1.29, 1.82) is 0 Å². The van der Waals surface area contributed by atoms with Crippen molar-refractivity contribution in [1.82, 2.24) is 20.3 Å². The van der Waals surface area contributed by atoms with Gasteiger partial charge in [0.25, 0.3) is 5.91 Å². The molecule has 0 saturated carbocycles. The second-order valence-corrected chi connectivity index (χ2v) is 6.80. The summed E-state index contributed by atoms with van der Waals surface area (Å²) in [6.45, 7) is 2.25. The average Bonchev–Trinajstić information content (AvgIpc) is 3.13. The Morgan fingerprint density at radius 1 is 1.03 bits per heavy atom. The van der Waals surface area contributed by atoms with Crippen molar-refractivity contribution >= 4 is 16.9 Å². The van der Waals surface area contributed by atoms with E-state index < -0.39 is 17.7 Å². The number of aromatic nitrogens is 3. The first-order chi connectivity index (χ1) is 14.0. The van der Waals surface area contributed by atoms with E-state index in [-0.39, 0.29) is 5.91 Å². The average molecular weight is 392 g/mol. The highest BCUT2D eigenvalue weighted by Crippen LogP contribution is 2.17. The van der Waals surface area contributed by atoms with E-state index in [4.69, 9.17) is 0 Å². The summed E-state index contributed by atoms with van der Waals surface area (Å²) in [5, 5.41) is 11.1. The first kappa shape index (κ1) is 18.7. The quantitative estimate of drug-likeness (QED) is 0.552. The molecule has 1 aromatic heterocycles. The minimum atomic E-state index is -0.936. The fraction of sp³-hybridized carbons (Fsp3) is 0.136. The zero-order valence-electron chi connectivity index (χ0n) is 15.6. The molecule has 1 unspecified atom stereocenters. The lowest BCUT2D eigenvalue weighted by Gasteiger charge is -2.15. The van der Waals surface area contributed by atoms with Crippen molar-refractivity contribution in [3.05, 3.63) is 95.1 Å². The fourth-order valence-corrected chi connectivity index (χ4v) is 3.11. The van der Waals surface area contributed by atoms with Crippen LogP contribution in [0, 0.1) is 11.6 Å². The van der Waals surface area contributed by atoms with Crippen molar-refractivity contribution in [2.75, 3.05) is 0 Å². The van der Waals surface area contributed by atoms with E-state index >= 15 is 0 Å². The lowest BCUT2D eigenvalue weighted by atomic mass is 10.1. The number of nitrogens with one attached hydrogen (secondary N) is 1. The van der Waals surface area contributed by atoms with Gasteiger partial charge in [-0.3, -0.25) is 4.79 Å². The summed E-state index contributed by atoms with van der Waals surface area (Å²) in [6, 6.07) is 18.0. The molecular formula is C22H18F2N4O. The van der Waals surface area contributed by atoms with Crippen LogP contribution in [0.25, 0.3) is 11.0 Å². The minimum absolute atomic E-state index is 0.292. The van der Waals surface area contributed by atoms with Crippen LogP contribution in [0.4, 0.5) is 8.78 Å². The third-order valence-corrected chi connectivity index (χ3v) is 4.76. The van der Waals surface area contributed by atoms with Crippen molar-refractivity contribution in [3.63, 3.8) is 0 Å². The highest BCUT2D eigenvalue weighted by Gasteiger charge is 2.14. The first-order valence-electron chi connectivity index (χ1n) is 9.14. The first-order valence-corrected chi connectivity index (χ1v) is 9.14. The van der Waals surface area contributed by atoms with Crippen LogP contribution in [0.5, 0.6) is 0 Å². The number of amides is 1. The summed E-state index contributed by atoms with van der Waals surface area (Å²) in [4.78, 5) is 12.5. The molecule has 0 bridgehead atoms. The number of hydrogen-bond acceptors (Lipinski definition) is 3. The zero-order chi connectivity index (χ0) is 20.4. The van der Waals surface area contributed by atoms with Crippen LogP contribution in [-0.2, 0) is 6.54 Å². The van der Waals surface area contributed by atoms with Crippen molar-refractivity contribution in [3.8, 4) is 0 Å². The molecule has 29 heavy (non-hydrogen) atoms. The number of nitrogens with zero attached hydrogens (tertiary/aromatic N) is 3. The van der Waals surface area contributed by atoms with Gasteiger partial charge in [-0.25, -0.2) is 13.5 Å². The molecule has 0 radical (unpaired) electrons. The minimum Gasteiger partial charge on any atom is -0.346 e. The van der Waals surface area contributed by atoms with Crippen LogP contribution in [0.2, 0.25) is 0 Å². The van der Waals surface area contributed by atoms with Crippen molar-refractivity contribution < 1.29 is 13.6 Å². The van der Waals surface area contributed by atoms with Crippen LogP contribution in [-0.4, -0.2) is 20.9 Å². The summed E-state index contributed by atoms with van der Waals surface area (Å²) in [6.07, 6.45) is 0. The van der Waals surface area contributed by atoms with E-state index in [0.29, 0.717) is 17.7 Å². The zero-order valence-corrected chi connectivity index (χ0v) is 15.6. The van der Waals surface area contributed by atoms with E-state index in [1.54, 1.807) is 23.7 Å². The molecule has 5 nitrogen and oxygen atoms in total. The number of benzene rings is 3. The summed E-state index contributed by atoms with van der Waals surface area (Å²) in [5.41, 5.74) is 3.72. The Kier molecular flexibility index (Phi) is 5.03. The van der Waals surface area contributed by atoms with Gasteiger partial charge in [0, 0.05) is 5.56 Å². The van der Waals surface area contributed by atoms with Crippen molar-refractivity contribution in [2.45, 2.75) is 19.5 Å². The molecule has 146 valence electrons. The third kappa shape index (κ3) is 3.99. The predicted molar refractivity (Wildman–Crippen MR) is 105 cm³/mol. The maximum absolute atomic E-state index is 13.4. The van der Waals surface area contributed by atoms with Crippen LogP contribution < -0.4 is 5.32 Å². The Morgan fingerprint density at radius 3 is 2.55 bits per heavy atom. The molecule has 1 amide bonds. The van der Waals surface area contributed by atoms with E-state index in [1.807, 2.05) is 36.4 Å². The van der Waals surface area contributed by atoms with E-state index in [9.17, 15) is 13.6 Å². The molecule has 1 N–H and O–H groups in total. The number of fused-ring (bicyclic) bond motifs is 1. The molecule has 3 aromatic carbocycles. The standard InChI is InChI=1S/C22H18F2N4O/c1-14(17-10-11-18(23)19(24)12-17)25-22(29)16-8-6-15(7-9-16)13-28-21-5-3-2-4-20(21)26-27-28/h2-12,14H,13H2,1H3,(H,25,29). The molecule has 0 fully saturated rings. The maximum atomic E-state index is 13.4. The van der Waals surface area contributed by atoms with Crippen LogP contribution in [0.1, 0.15) is 34.5 Å². The molecule has 0 spiro atoms. The highest BCUT2D eigenvalue weighted by atomic mass is 19.2. The van der Waals surface area contributed by atoms with E-state index in [2.05, 4.69) is 15.6 Å². The summed E-state index contributed by atoms with van der Waals surface area (Å²) >= 11 is 0. The van der Waals surface area contributed by atoms with Crippen LogP contribution in [0.3, 0.4) is 0 Å². The molecular weight excluding hydrogens is 374 g/mol. The number of carbonyl (C=O) groups excluding carboxylic acids is 1. The van der Waals surface area contributed by atoms with Gasteiger partial charge in [-0.2, -0.15) is 0 Å². The largest absolute Gasteiger partial charge is 0.346 e. The number of rotatable bonds is 5. The molecule has 7 heteroatoms. The van der Waals surface area contributed by atoms with E-state index in [0.717, 1.165) is 28.7 Å². The van der Waals surface area contributed by atoms with E-state index in [1.165, 1.54) is 6.07 Å². The molecule has 0 aliphatic rings. The van der Waals surface area contributed by atoms with Gasteiger partial charge in [0.1, 0.15) is 5.52 Å². The maximum Gasteiger partial charge on any atom is 0.251 e. The lowest BCUT2D eigenvalue weighted by molar-refractivity contribution is 0.0940. The van der Waals surface area contributed by atoms with Crippen molar-refractivity contribution in [2.24, 2.45) is 0 Å². The monoisotopic (exact) mass is 392 g/mol. The smallest absolute Gasteiger partial charge is 0.251 e. The topological polar surface area (TPSA) is 59.8 Å². The second-order valence-electron chi connectivity index (χ2n) is 6.80. The molecule has 0 aliphatic heterocycles. The van der Waals surface area contributed by atoms with Gasteiger partial charge in [-0.15, -0.1) is 5.10 Å². The Labute approximate surface area is 166 Å². The summed E-state index contributed by atoms with van der Waals surface area (Å²) in [5.74, 6) is -2.14. The number of para-hydroxylation sites is 1. The Bertz CT molecular complexity index is 1170. The Morgan fingerprint density at radius 2 is 1.79 bits per heavy atom. The molecule has 1 atom stereocenters. The lowest BCUT2D eigenvalue weighted by Crippen LogP contribution is -2.26. The normalized spacial score (nSPS) is 12.1. The summed E-state index contributed by atoms with van der Waals surface area (Å²) < 4.78 is 28.3. The number of carbonyl (C=O) groups is 1. The van der Waals surface area contributed by atoms with Crippen LogP contribution >= 0.6 is 0 Å². The van der Waals surface area contributed by atoms with Crippen LogP contribution in [0.15, 0.2) is 66.7 Å². The Hall–Kier alpha value is -3.61. The van der Waals surface area contributed by atoms with Gasteiger partial charge in [0.2, 0.25) is 0 Å². The SMILES string of the molecule is CC(NC(=O)c1ccc(Cn2nnc3ccccc32)cc1)c1ccc(F)c(F)c1. The molecule has 0 saturated heterocycles. The fourth-order valence-electron chi connectivity index (χ4n) is 3.11. The molecule has 0 aliphatic carbocycles. The molecule has 4 rings (SSSR count). The summed E-state index contributed by atoms with van der Waals surface area (Å²) in [7, 11) is 0. The molecule has 4 aromatic rings.